The van der Waals surface area contributed by atoms with Crippen molar-refractivity contribution < 1.29 is 168 Å². The minimum absolute atomic E-state index is 0.00963. The molecule has 4 aromatic rings. The lowest BCUT2D eigenvalue weighted by atomic mass is 10.1. The number of ether oxygens (including phenoxy) is 9. The van der Waals surface area contributed by atoms with Gasteiger partial charge in [-0.05, 0) is 37.3 Å². The number of aromatic nitrogens is 3. The van der Waals surface area contributed by atoms with Gasteiger partial charge in [0.2, 0.25) is 0 Å². The first-order valence-corrected chi connectivity index (χ1v) is 30.1. The molecule has 11 rings (SSSR count). The van der Waals surface area contributed by atoms with Crippen LogP contribution in [0.5, 0.6) is 5.75 Å². The molecule has 0 N–H and O–H groups in total. The van der Waals surface area contributed by atoms with Gasteiger partial charge in [0, 0.05) is 121 Å². The van der Waals surface area contributed by atoms with E-state index in [0.29, 0.717) is 36.6 Å². The third-order valence-electron chi connectivity index (χ3n) is 14.0. The number of carbonyl (C=O) groups is 19. The first-order chi connectivity index (χ1) is 50.5. The lowest BCUT2D eigenvalue weighted by molar-refractivity contribution is -0.201. The minimum atomic E-state index is -1.69. The van der Waals surface area contributed by atoms with E-state index in [0.717, 1.165) is 40.8 Å². The van der Waals surface area contributed by atoms with Gasteiger partial charge in [0.1, 0.15) is 12.4 Å². The summed E-state index contributed by atoms with van der Waals surface area (Å²) in [5.74, 6) is -12.3. The highest BCUT2D eigenvalue weighted by atomic mass is 35.5. The molecule has 3 fully saturated rings. The molecule has 45 nitrogen and oxygen atoms in total. The summed E-state index contributed by atoms with van der Waals surface area (Å²) < 4.78 is 44.6. The molecule has 0 aliphatic carbocycles. The molecule has 48 heteroatoms. The van der Waals surface area contributed by atoms with Crippen molar-refractivity contribution in [3.05, 3.63) is 118 Å². The van der Waals surface area contributed by atoms with E-state index in [-0.39, 0.29) is 82.2 Å². The fourth-order valence-corrected chi connectivity index (χ4v) is 9.61. The number of hydroxylamine groups is 14. The van der Waals surface area contributed by atoms with Crippen LogP contribution >= 0.6 is 34.8 Å². The molecule has 7 aliphatic rings. The van der Waals surface area contributed by atoms with E-state index < -0.39 is 148 Å². The summed E-state index contributed by atoms with van der Waals surface area (Å²) in [7, 11) is 7.08. The van der Waals surface area contributed by atoms with Crippen molar-refractivity contribution in [3.8, 4) is 5.75 Å². The van der Waals surface area contributed by atoms with Crippen LogP contribution in [0.3, 0.4) is 0 Å². The molecular weight excluding hydrogens is 1500 g/mol. The number of hydrogen-bond donors (Lipinski definition) is 0. The second-order valence-corrected chi connectivity index (χ2v) is 20.8. The maximum atomic E-state index is 12.2. The second-order valence-electron chi connectivity index (χ2n) is 19.9. The van der Waals surface area contributed by atoms with Crippen LogP contribution in [-0.4, -0.2) is 274 Å². The Labute approximate surface area is 605 Å². The Balaban J connectivity index is 0.000000188. The highest BCUT2D eigenvalue weighted by Crippen LogP contribution is 2.33. The number of amides is 14. The van der Waals surface area contributed by atoms with Gasteiger partial charge in [-0.25, -0.2) is 14.4 Å². The number of halogens is 3. The summed E-state index contributed by atoms with van der Waals surface area (Å²) in [6.45, 7) is 3.90. The van der Waals surface area contributed by atoms with Gasteiger partial charge in [0.25, 0.3) is 82.7 Å². The van der Waals surface area contributed by atoms with Gasteiger partial charge in [-0.2, -0.15) is 9.59 Å². The molecule has 6 atom stereocenters. The Kier molecular flexibility index (Phi) is 27.9. The van der Waals surface area contributed by atoms with Crippen molar-refractivity contribution in [3.63, 3.8) is 0 Å². The van der Waals surface area contributed by atoms with Crippen molar-refractivity contribution in [1.29, 1.82) is 0 Å². The number of methoxy groups -OCH3 is 6. The average molecular weight is 1550 g/mol. The monoisotopic (exact) mass is 1550 g/mol. The summed E-state index contributed by atoms with van der Waals surface area (Å²) in [5.41, 5.74) is -3.64. The molecule has 10 heterocycles. The fraction of sp³-hybridized carbons (Fsp3) is 0.310. The molecule has 0 spiro atoms. The Morgan fingerprint density at radius 2 is 0.613 bits per heavy atom. The molecule has 3 saturated heterocycles. The Hall–Kier alpha value is -12.1. The number of imide groups is 7. The summed E-state index contributed by atoms with van der Waals surface area (Å²) in [5, 5.41) is 1.31. The zero-order valence-corrected chi connectivity index (χ0v) is 57.1. The first kappa shape index (κ1) is 81.3. The van der Waals surface area contributed by atoms with Crippen molar-refractivity contribution in [2.75, 3.05) is 75.7 Å². The Morgan fingerprint density at radius 1 is 0.340 bits per heavy atom. The number of rotatable bonds is 21. The highest BCUT2D eigenvalue weighted by molar-refractivity contribution is 6.61. The van der Waals surface area contributed by atoms with Crippen LogP contribution in [0, 0.1) is 0 Å². The maximum Gasteiger partial charge on any atom is 0.560 e. The molecule has 3 aromatic heterocycles. The molecule has 1 aromatic carbocycles. The molecule has 6 unspecified atom stereocenters. The van der Waals surface area contributed by atoms with Gasteiger partial charge in [0.15, 0.2) is 36.6 Å². The molecular formula is C58H49Cl3N10O35. The topological polar surface area (TPSA) is 533 Å². The SMILES string of the molecule is CCOCCOCCOc1cccc2c1C(=O)N(OC(=O)Cl)C2=O.COC1C(=O)N(OC(=O)Cl)C(=O)C1OC.COC1C(=O)N(OC(=O)ON2C(=O)C(OC)C(OC)C2=O)C(=O)C1OC.O=C(Cl)ON1C(=O)c2ccncc2C1=O.O=C(ON1C(=O)c2ccncc2C1=O)ON1C(=O)c2ccncc2C1=O. The smallest absolute Gasteiger partial charge is 0.490 e. The molecule has 14 amide bonds. The van der Waals surface area contributed by atoms with E-state index in [1.54, 1.807) is 6.07 Å². The number of fused-ring (bicyclic) bond motifs is 4. The maximum absolute atomic E-state index is 12.2. The number of pyridine rings is 3. The summed E-state index contributed by atoms with van der Waals surface area (Å²) in [6, 6.07) is 8.45. The summed E-state index contributed by atoms with van der Waals surface area (Å²) >= 11 is 14.9. The van der Waals surface area contributed by atoms with Crippen LogP contribution in [-0.2, 0) is 101 Å². The highest BCUT2D eigenvalue weighted by Gasteiger charge is 2.55. The zero-order valence-electron chi connectivity index (χ0n) is 54.8. The third-order valence-corrected chi connectivity index (χ3v) is 14.2. The second kappa shape index (κ2) is 36.4. The minimum Gasteiger partial charge on any atom is -0.490 e. The van der Waals surface area contributed by atoms with Crippen molar-refractivity contribution in [2.24, 2.45) is 0 Å². The molecule has 106 heavy (non-hydrogen) atoms. The van der Waals surface area contributed by atoms with Crippen LogP contribution in [0.4, 0.5) is 24.0 Å². The van der Waals surface area contributed by atoms with Crippen molar-refractivity contribution in [1.82, 2.24) is 50.4 Å². The number of carbonyl (C=O) groups excluding carboxylic acids is 19. The van der Waals surface area contributed by atoms with Crippen molar-refractivity contribution >= 4 is 146 Å². The molecule has 0 bridgehead atoms. The number of hydrogen-bond acceptors (Lipinski definition) is 38. The van der Waals surface area contributed by atoms with E-state index >= 15 is 0 Å². The van der Waals surface area contributed by atoms with Gasteiger partial charge in [-0.1, -0.05) is 41.5 Å². The van der Waals surface area contributed by atoms with E-state index in [1.165, 1.54) is 69.3 Å². The molecule has 0 saturated carbocycles. The van der Waals surface area contributed by atoms with Crippen LogP contribution < -0.4 is 4.74 Å². The van der Waals surface area contributed by atoms with Gasteiger partial charge in [0.05, 0.1) is 64.3 Å². The molecule has 7 aliphatic heterocycles. The third kappa shape index (κ3) is 17.6. The van der Waals surface area contributed by atoms with Gasteiger partial charge < -0.3 is 57.1 Å². The molecule has 0 radical (unpaired) electrons. The lowest BCUT2D eigenvalue weighted by Crippen LogP contribution is -2.40. The predicted molar refractivity (Wildman–Crippen MR) is 326 cm³/mol. The average Bonchev–Trinajstić information content (AvgIpc) is 1.64. The Bertz CT molecular complexity index is 3960. The number of benzene rings is 1. The van der Waals surface area contributed by atoms with Gasteiger partial charge in [-0.3, -0.25) is 101 Å². The quantitative estimate of drug-likeness (QED) is 0.0631. The van der Waals surface area contributed by atoms with Crippen LogP contribution in [0.2, 0.25) is 0 Å². The van der Waals surface area contributed by atoms with Crippen molar-refractivity contribution in [2.45, 2.75) is 43.5 Å². The van der Waals surface area contributed by atoms with E-state index in [1.807, 2.05) is 6.92 Å². The van der Waals surface area contributed by atoms with E-state index in [9.17, 15) is 91.1 Å². The zero-order chi connectivity index (χ0) is 78.1. The normalized spacial score (nSPS) is 19.5. The predicted octanol–water partition coefficient (Wildman–Crippen LogP) is 0.768. The van der Waals surface area contributed by atoms with Crippen LogP contribution in [0.25, 0.3) is 0 Å². The lowest BCUT2D eigenvalue weighted by Gasteiger charge is -2.16. The largest absolute Gasteiger partial charge is 0.560 e. The number of nitrogens with zero attached hydrogens (tertiary/aromatic N) is 10. The van der Waals surface area contributed by atoms with Gasteiger partial charge in [-0.15, -0.1) is 0 Å². The standard InChI is InChI=1S/C15H16ClNO7.C15H6N4O7.C13H16N2O11.C8H3ClN2O4.C7H8ClNO6/c1-2-21-6-7-22-8-9-23-11-5-3-4-10-12(11)14(19)17(13(10)18)24-15(16)20;20-11-7-1-3-16-5-9(7)13(22)18(11)25-15(24)26-19-12(21)8-2-4-17-6-10(8)14(19)23;1-21-5-6(22-2)10(17)14(9(5)16)25-13(20)26-15-11(18)7(23-3)8(24-4)12(15)19;9-8(14)15-11-6(12)4-1-2-10-3-5(4)7(11)13;1-13-3-4(14-2)6(11)9(5(3)10)15-7(8)12/h3-5H,2,6-9H2,1H3;1-6H;5-8H,1-4H3;1-3H;3-4H,1-2H3. The summed E-state index contributed by atoms with van der Waals surface area (Å²) in [6.07, 6.45) is -3.43. The summed E-state index contributed by atoms with van der Waals surface area (Å²) in [4.78, 5) is 264. The Morgan fingerprint density at radius 3 is 0.934 bits per heavy atom. The molecule has 562 valence electrons. The first-order valence-electron chi connectivity index (χ1n) is 29.0. The van der Waals surface area contributed by atoms with Crippen LogP contribution in [0.15, 0.2) is 73.6 Å². The van der Waals surface area contributed by atoms with Gasteiger partial charge >= 0.3 is 28.6 Å². The van der Waals surface area contributed by atoms with E-state index in [4.69, 9.17) is 77.4 Å². The fourth-order valence-electron chi connectivity index (χ4n) is 9.41. The van der Waals surface area contributed by atoms with Crippen LogP contribution in [0.1, 0.15) is 89.8 Å². The van der Waals surface area contributed by atoms with E-state index in [2.05, 4.69) is 48.8 Å².